The number of amides is 2. The number of aromatic nitrogens is 6. The number of tetrazole rings is 1. The van der Waals surface area contributed by atoms with Gasteiger partial charge in [-0.1, -0.05) is 16.9 Å². The van der Waals surface area contributed by atoms with E-state index in [0.717, 1.165) is 32.9 Å². The van der Waals surface area contributed by atoms with E-state index in [2.05, 4.69) is 40.2 Å². The van der Waals surface area contributed by atoms with Gasteiger partial charge < -0.3 is 31.2 Å². The monoisotopic (exact) mass is 600 g/mol. The number of hydrogen-bond donors (Lipinski definition) is 5. The number of thioether (sulfide) groups is 2. The zero-order chi connectivity index (χ0) is 28.3. The summed E-state index contributed by atoms with van der Waals surface area (Å²) in [5.74, 6) is -5.60. The quantitative estimate of drug-likeness (QED) is 0.0730. The van der Waals surface area contributed by atoms with E-state index in [1.807, 2.05) is 0 Å². The number of nitrogen functional groups attached to an aromatic ring is 1. The van der Waals surface area contributed by atoms with Crippen LogP contribution in [0.25, 0.3) is 0 Å². The van der Waals surface area contributed by atoms with Gasteiger partial charge in [-0.25, -0.2) is 14.3 Å². The van der Waals surface area contributed by atoms with E-state index in [1.165, 1.54) is 11.8 Å². The predicted octanol–water partition coefficient (Wildman–Crippen LogP) is -2.47. The number of rotatable bonds is 12. The molecule has 0 saturated carbocycles. The topological polar surface area (TPSA) is 278 Å². The number of nitrogens with one attached hydrogen (secondary N) is 1. The Morgan fingerprint density at radius 2 is 2.00 bits per heavy atom. The van der Waals surface area contributed by atoms with Crippen molar-refractivity contribution in [2.45, 2.75) is 23.1 Å². The van der Waals surface area contributed by atoms with Gasteiger partial charge in [-0.3, -0.25) is 19.3 Å². The van der Waals surface area contributed by atoms with Crippen molar-refractivity contribution in [3.63, 3.8) is 0 Å². The zero-order valence-electron chi connectivity index (χ0n) is 19.2. The Hall–Kier alpha value is -4.31. The maximum absolute atomic E-state index is 13.0. The number of nitrogens with zero attached hydrogens (tertiary/aromatic N) is 8. The maximum Gasteiger partial charge on any atom is 0.352 e. The van der Waals surface area contributed by atoms with Crippen LogP contribution < -0.4 is 11.1 Å². The molecular weight excluding hydrogens is 584 g/mol. The van der Waals surface area contributed by atoms with Gasteiger partial charge in [-0.15, -0.1) is 16.9 Å². The van der Waals surface area contributed by atoms with Crippen molar-refractivity contribution in [1.29, 1.82) is 0 Å². The van der Waals surface area contributed by atoms with Crippen molar-refractivity contribution in [3.8, 4) is 0 Å². The van der Waals surface area contributed by atoms with Gasteiger partial charge in [0, 0.05) is 23.0 Å². The van der Waals surface area contributed by atoms with E-state index in [9.17, 15) is 29.1 Å². The molecule has 206 valence electrons. The number of nitrogens with two attached hydrogens (primary N) is 1. The minimum Gasteiger partial charge on any atom is -0.480 e. The number of carbonyl (C=O) groups excluding carboxylic acids is 2. The third kappa shape index (κ3) is 6.06. The van der Waals surface area contributed by atoms with E-state index in [0.29, 0.717) is 5.57 Å². The summed E-state index contributed by atoms with van der Waals surface area (Å²) in [5, 5.41) is 43.5. The fourth-order valence-corrected chi connectivity index (χ4v) is 6.15. The van der Waals surface area contributed by atoms with E-state index in [1.54, 1.807) is 0 Å². The molecule has 39 heavy (non-hydrogen) atoms. The molecule has 2 aliphatic heterocycles. The van der Waals surface area contributed by atoms with Gasteiger partial charge in [0.2, 0.25) is 23.3 Å². The van der Waals surface area contributed by atoms with E-state index in [4.69, 9.17) is 15.9 Å². The lowest BCUT2D eigenvalue weighted by Gasteiger charge is -2.49. The fourth-order valence-electron chi connectivity index (χ4n) is 3.35. The molecule has 2 aromatic rings. The smallest absolute Gasteiger partial charge is 0.352 e. The molecule has 2 amide bonds. The summed E-state index contributed by atoms with van der Waals surface area (Å²) < 4.78 is 4.88. The van der Waals surface area contributed by atoms with Crippen LogP contribution in [-0.4, -0.2) is 115 Å². The number of carboxylic acids is 3. The van der Waals surface area contributed by atoms with Crippen LogP contribution in [0.1, 0.15) is 5.82 Å². The minimum atomic E-state index is -1.37. The fraction of sp³-hybridized carbons (Fsp3) is 0.353. The van der Waals surface area contributed by atoms with Crippen molar-refractivity contribution in [2.24, 2.45) is 5.16 Å². The third-order valence-corrected chi connectivity index (χ3v) is 7.83. The Morgan fingerprint density at radius 1 is 1.23 bits per heavy atom. The van der Waals surface area contributed by atoms with Crippen LogP contribution in [0.5, 0.6) is 0 Å². The molecule has 2 aromatic heterocycles. The number of β-lactam (4-membered cyclic amide) rings is 1. The highest BCUT2D eigenvalue weighted by molar-refractivity contribution is 8.01. The van der Waals surface area contributed by atoms with Crippen LogP contribution in [0.2, 0.25) is 0 Å². The lowest BCUT2D eigenvalue weighted by Crippen LogP contribution is -2.71. The zero-order valence-corrected chi connectivity index (χ0v) is 21.6. The number of oxime groups is 1. The lowest BCUT2D eigenvalue weighted by molar-refractivity contribution is -0.150. The van der Waals surface area contributed by atoms with Crippen molar-refractivity contribution in [2.75, 3.05) is 23.8 Å². The van der Waals surface area contributed by atoms with Crippen LogP contribution in [0.3, 0.4) is 0 Å². The van der Waals surface area contributed by atoms with Crippen LogP contribution in [0, 0.1) is 0 Å². The summed E-state index contributed by atoms with van der Waals surface area (Å²) in [6.07, 6.45) is 0. The maximum atomic E-state index is 13.0. The van der Waals surface area contributed by atoms with Crippen molar-refractivity contribution < 1.29 is 44.1 Å². The molecule has 0 aromatic carbocycles. The number of carbonyl (C=O) groups is 5. The summed E-state index contributed by atoms with van der Waals surface area (Å²) in [6.45, 7) is -1.35. The molecule has 0 radical (unpaired) electrons. The average molecular weight is 601 g/mol. The molecule has 0 bridgehead atoms. The molecule has 1 fully saturated rings. The second kappa shape index (κ2) is 11.6. The van der Waals surface area contributed by atoms with Gasteiger partial charge in [0.1, 0.15) is 23.7 Å². The van der Waals surface area contributed by atoms with Gasteiger partial charge in [-0.05, 0) is 16.0 Å². The van der Waals surface area contributed by atoms with Crippen LogP contribution >= 0.6 is 35.1 Å². The molecule has 4 rings (SSSR count). The second-order valence-electron chi connectivity index (χ2n) is 7.48. The summed E-state index contributed by atoms with van der Waals surface area (Å²) in [5.41, 5.74) is 5.11. The van der Waals surface area contributed by atoms with Crippen molar-refractivity contribution >= 4 is 75.6 Å². The van der Waals surface area contributed by atoms with E-state index < -0.39 is 60.0 Å². The lowest BCUT2D eigenvalue weighted by atomic mass is 10.0. The Morgan fingerprint density at radius 3 is 2.64 bits per heavy atom. The molecular formula is C17H16N10O9S3. The number of hydrogen-bond acceptors (Lipinski definition) is 16. The second-order valence-corrected chi connectivity index (χ2v) is 10.3. The number of anilines is 1. The van der Waals surface area contributed by atoms with Gasteiger partial charge in [0.25, 0.3) is 11.8 Å². The molecule has 2 atom stereocenters. The molecule has 6 N–H and O–H groups in total. The first kappa shape index (κ1) is 27.7. The molecule has 0 spiro atoms. The Balaban J connectivity index is 1.48. The molecule has 1 saturated heterocycles. The summed E-state index contributed by atoms with van der Waals surface area (Å²) >= 11 is 2.94. The first-order valence-corrected chi connectivity index (χ1v) is 13.2. The average Bonchev–Trinajstić information content (AvgIpc) is 3.50. The Kier molecular flexibility index (Phi) is 8.25. The highest BCUT2D eigenvalue weighted by Crippen LogP contribution is 2.41. The standard InChI is InChI=1S/C17H16N10O9S3/c18-16-20-11(23-39-16)8(22-36-2-7(30)31)12(32)19-9-13(33)27-10(15(34)35)5(3-37-14(9)27)4-38-17-21-24-25-26(17)1-6(28)29/h9,14H,1-4H2,(H,19,32)(H,28,29)(H,30,31)(H,34,35)(H2,18,20,23)/t9?,14-/m0/s1. The Labute approximate surface area is 228 Å². The van der Waals surface area contributed by atoms with Crippen molar-refractivity contribution in [1.82, 2.24) is 39.8 Å². The van der Waals surface area contributed by atoms with Crippen LogP contribution in [0.4, 0.5) is 5.13 Å². The normalized spacial score (nSPS) is 18.8. The van der Waals surface area contributed by atoms with Crippen molar-refractivity contribution in [3.05, 3.63) is 17.1 Å². The van der Waals surface area contributed by atoms with Gasteiger partial charge in [0.05, 0.1) is 0 Å². The van der Waals surface area contributed by atoms with Gasteiger partial charge >= 0.3 is 17.9 Å². The summed E-state index contributed by atoms with van der Waals surface area (Å²) in [6, 6.07) is -1.14. The molecule has 4 heterocycles. The SMILES string of the molecule is Nc1nc(C(=NOCC(=O)O)C(=O)NC2C(=O)N3C(C(=O)O)=C(CSc4nnnn4CC(=O)O)CS[C@@H]23)ns1. The van der Waals surface area contributed by atoms with Gasteiger partial charge in [-0.2, -0.15) is 9.36 Å². The number of fused-ring (bicyclic) bond motifs is 1. The highest BCUT2D eigenvalue weighted by atomic mass is 32.2. The van der Waals surface area contributed by atoms with E-state index >= 15 is 0 Å². The number of carboxylic acid groups (broad SMARTS) is 3. The van der Waals surface area contributed by atoms with Crippen LogP contribution in [-0.2, 0) is 35.4 Å². The number of aliphatic carboxylic acids is 3. The minimum absolute atomic E-state index is 0.00362. The van der Waals surface area contributed by atoms with Crippen LogP contribution in [0.15, 0.2) is 21.6 Å². The van der Waals surface area contributed by atoms with Gasteiger partial charge in [0.15, 0.2) is 5.13 Å². The first-order valence-electron chi connectivity index (χ1n) is 10.4. The summed E-state index contributed by atoms with van der Waals surface area (Å²) in [7, 11) is 0. The third-order valence-electron chi connectivity index (χ3n) is 4.91. The predicted molar refractivity (Wildman–Crippen MR) is 130 cm³/mol. The molecule has 0 aliphatic carbocycles. The molecule has 19 nitrogen and oxygen atoms in total. The molecule has 22 heteroatoms. The first-order chi connectivity index (χ1) is 18.6. The van der Waals surface area contributed by atoms with E-state index in [-0.39, 0.29) is 33.3 Å². The largest absolute Gasteiger partial charge is 0.480 e. The molecule has 1 unspecified atom stereocenters. The summed E-state index contributed by atoms with van der Waals surface area (Å²) in [4.78, 5) is 69.1. The highest BCUT2D eigenvalue weighted by Gasteiger charge is 2.54. The Bertz CT molecular complexity index is 1410. The molecule has 2 aliphatic rings.